The zero-order valence-electron chi connectivity index (χ0n) is 10.7. The SMILES string of the molecule is COC(C)C(=O)NCCc1c[nH]c2ccccc12. The fraction of sp³-hybridized carbons (Fsp3) is 0.357. The summed E-state index contributed by atoms with van der Waals surface area (Å²) in [6.07, 6.45) is 2.41. The molecule has 1 heterocycles. The van der Waals surface area contributed by atoms with E-state index in [1.807, 2.05) is 24.4 Å². The lowest BCUT2D eigenvalue weighted by atomic mass is 10.1. The number of rotatable bonds is 5. The minimum absolute atomic E-state index is 0.0719. The molecule has 0 aliphatic carbocycles. The molecule has 1 aromatic carbocycles. The third kappa shape index (κ3) is 2.71. The Morgan fingerprint density at radius 2 is 2.22 bits per heavy atom. The van der Waals surface area contributed by atoms with Gasteiger partial charge in [-0.25, -0.2) is 0 Å². The first-order chi connectivity index (χ1) is 8.72. The van der Waals surface area contributed by atoms with E-state index in [0.717, 1.165) is 11.9 Å². The highest BCUT2D eigenvalue weighted by Gasteiger charge is 2.10. The van der Waals surface area contributed by atoms with Crippen molar-refractivity contribution in [3.05, 3.63) is 36.0 Å². The summed E-state index contributed by atoms with van der Waals surface area (Å²) >= 11 is 0. The molecule has 18 heavy (non-hydrogen) atoms. The number of benzene rings is 1. The summed E-state index contributed by atoms with van der Waals surface area (Å²) in [6, 6.07) is 8.15. The van der Waals surface area contributed by atoms with E-state index in [9.17, 15) is 4.79 Å². The zero-order valence-corrected chi connectivity index (χ0v) is 10.7. The summed E-state index contributed by atoms with van der Waals surface area (Å²) in [5, 5.41) is 4.07. The Kier molecular flexibility index (Phi) is 3.99. The first kappa shape index (κ1) is 12.6. The van der Waals surface area contributed by atoms with Gasteiger partial charge in [0, 0.05) is 30.8 Å². The van der Waals surface area contributed by atoms with Crippen molar-refractivity contribution in [3.63, 3.8) is 0 Å². The van der Waals surface area contributed by atoms with Gasteiger partial charge in [-0.1, -0.05) is 18.2 Å². The van der Waals surface area contributed by atoms with Crippen LogP contribution in [0.2, 0.25) is 0 Å². The molecule has 4 heteroatoms. The van der Waals surface area contributed by atoms with Crippen molar-refractivity contribution in [3.8, 4) is 0 Å². The monoisotopic (exact) mass is 246 g/mol. The van der Waals surface area contributed by atoms with E-state index < -0.39 is 6.10 Å². The number of fused-ring (bicyclic) bond motifs is 1. The van der Waals surface area contributed by atoms with Crippen molar-refractivity contribution in [1.82, 2.24) is 10.3 Å². The van der Waals surface area contributed by atoms with Gasteiger partial charge in [0.05, 0.1) is 0 Å². The van der Waals surface area contributed by atoms with E-state index >= 15 is 0 Å². The Hall–Kier alpha value is -1.81. The van der Waals surface area contributed by atoms with Crippen molar-refractivity contribution in [1.29, 1.82) is 0 Å². The number of carbonyl (C=O) groups excluding carboxylic acids is 1. The summed E-state index contributed by atoms with van der Waals surface area (Å²) in [5.74, 6) is -0.0719. The molecule has 2 aromatic rings. The van der Waals surface area contributed by atoms with Crippen LogP contribution in [-0.4, -0.2) is 30.6 Å². The number of ether oxygens (including phenoxy) is 1. The van der Waals surface area contributed by atoms with E-state index in [1.54, 1.807) is 6.92 Å². The van der Waals surface area contributed by atoms with E-state index in [-0.39, 0.29) is 5.91 Å². The second-order valence-electron chi connectivity index (χ2n) is 4.28. The lowest BCUT2D eigenvalue weighted by Crippen LogP contribution is -2.35. The molecule has 2 rings (SSSR count). The van der Waals surface area contributed by atoms with Crippen LogP contribution in [0.1, 0.15) is 12.5 Å². The third-order valence-electron chi connectivity index (χ3n) is 3.09. The van der Waals surface area contributed by atoms with Crippen molar-refractivity contribution in [2.24, 2.45) is 0 Å². The van der Waals surface area contributed by atoms with Gasteiger partial charge in [-0.05, 0) is 25.0 Å². The Bertz CT molecular complexity index is 533. The van der Waals surface area contributed by atoms with E-state index in [1.165, 1.54) is 18.1 Å². The molecule has 4 nitrogen and oxygen atoms in total. The van der Waals surface area contributed by atoms with Gasteiger partial charge in [-0.15, -0.1) is 0 Å². The molecule has 1 atom stereocenters. The highest BCUT2D eigenvalue weighted by molar-refractivity contribution is 5.83. The molecule has 0 bridgehead atoms. The summed E-state index contributed by atoms with van der Waals surface area (Å²) in [7, 11) is 1.53. The molecular weight excluding hydrogens is 228 g/mol. The molecule has 0 saturated heterocycles. The quantitative estimate of drug-likeness (QED) is 0.846. The smallest absolute Gasteiger partial charge is 0.248 e. The average molecular weight is 246 g/mol. The molecule has 0 radical (unpaired) electrons. The highest BCUT2D eigenvalue weighted by Crippen LogP contribution is 2.17. The molecule has 1 unspecified atom stereocenters. The van der Waals surface area contributed by atoms with Gasteiger partial charge < -0.3 is 15.0 Å². The molecular formula is C14H18N2O2. The lowest BCUT2D eigenvalue weighted by Gasteiger charge is -2.09. The molecule has 1 amide bonds. The number of aromatic nitrogens is 1. The maximum absolute atomic E-state index is 11.5. The van der Waals surface area contributed by atoms with E-state index in [4.69, 9.17) is 4.74 Å². The molecule has 1 aromatic heterocycles. The molecule has 2 N–H and O–H groups in total. The summed E-state index contributed by atoms with van der Waals surface area (Å²) in [6.45, 7) is 2.36. The van der Waals surface area contributed by atoms with Crippen molar-refractivity contribution < 1.29 is 9.53 Å². The second-order valence-corrected chi connectivity index (χ2v) is 4.28. The molecule has 0 aliphatic heterocycles. The van der Waals surface area contributed by atoms with Crippen LogP contribution in [0.25, 0.3) is 10.9 Å². The predicted molar refractivity (Wildman–Crippen MR) is 71.5 cm³/mol. The van der Waals surface area contributed by atoms with Crippen LogP contribution in [0.4, 0.5) is 0 Å². The van der Waals surface area contributed by atoms with E-state index in [0.29, 0.717) is 6.54 Å². The number of H-pyrrole nitrogens is 1. The van der Waals surface area contributed by atoms with Crippen LogP contribution in [0.5, 0.6) is 0 Å². The number of aromatic amines is 1. The van der Waals surface area contributed by atoms with Gasteiger partial charge in [0.25, 0.3) is 0 Å². The first-order valence-corrected chi connectivity index (χ1v) is 6.08. The Balaban J connectivity index is 1.93. The lowest BCUT2D eigenvalue weighted by molar-refractivity contribution is -0.129. The number of nitrogens with one attached hydrogen (secondary N) is 2. The Morgan fingerprint density at radius 1 is 1.44 bits per heavy atom. The first-order valence-electron chi connectivity index (χ1n) is 6.08. The summed E-state index contributed by atoms with van der Waals surface area (Å²) in [5.41, 5.74) is 2.35. The van der Waals surface area contributed by atoms with E-state index in [2.05, 4.69) is 16.4 Å². The largest absolute Gasteiger partial charge is 0.372 e. The number of hydrogen-bond donors (Lipinski definition) is 2. The Labute approximate surface area is 106 Å². The predicted octanol–water partition coefficient (Wildman–Crippen LogP) is 1.86. The number of para-hydroxylation sites is 1. The third-order valence-corrected chi connectivity index (χ3v) is 3.09. The van der Waals surface area contributed by atoms with Crippen molar-refractivity contribution >= 4 is 16.8 Å². The fourth-order valence-electron chi connectivity index (χ4n) is 1.91. The van der Waals surface area contributed by atoms with Gasteiger partial charge in [0.15, 0.2) is 0 Å². The number of methoxy groups -OCH3 is 1. The zero-order chi connectivity index (χ0) is 13.0. The summed E-state index contributed by atoms with van der Waals surface area (Å²) < 4.78 is 4.95. The minimum atomic E-state index is -0.395. The van der Waals surface area contributed by atoms with Crippen LogP contribution >= 0.6 is 0 Å². The van der Waals surface area contributed by atoms with Gasteiger partial charge in [-0.3, -0.25) is 4.79 Å². The standard InChI is InChI=1S/C14H18N2O2/c1-10(18-2)14(17)15-8-7-11-9-16-13-6-4-3-5-12(11)13/h3-6,9-10,16H,7-8H2,1-2H3,(H,15,17). The van der Waals surface area contributed by atoms with Crippen molar-refractivity contribution in [2.45, 2.75) is 19.4 Å². The van der Waals surface area contributed by atoms with Gasteiger partial charge in [0.1, 0.15) is 6.10 Å². The van der Waals surface area contributed by atoms with Crippen LogP contribution in [0.3, 0.4) is 0 Å². The molecule has 0 saturated carbocycles. The van der Waals surface area contributed by atoms with Crippen LogP contribution in [0, 0.1) is 0 Å². The molecule has 0 aliphatic rings. The normalized spacial score (nSPS) is 12.6. The summed E-state index contributed by atoms with van der Waals surface area (Å²) in [4.78, 5) is 14.7. The molecule has 0 fully saturated rings. The fourth-order valence-corrected chi connectivity index (χ4v) is 1.91. The van der Waals surface area contributed by atoms with Gasteiger partial charge >= 0.3 is 0 Å². The Morgan fingerprint density at radius 3 is 3.00 bits per heavy atom. The number of carbonyl (C=O) groups is 1. The van der Waals surface area contributed by atoms with Gasteiger partial charge in [-0.2, -0.15) is 0 Å². The second kappa shape index (κ2) is 5.69. The van der Waals surface area contributed by atoms with Crippen LogP contribution < -0.4 is 5.32 Å². The van der Waals surface area contributed by atoms with Crippen LogP contribution in [-0.2, 0) is 16.0 Å². The topological polar surface area (TPSA) is 54.1 Å². The number of amides is 1. The molecule has 0 spiro atoms. The van der Waals surface area contributed by atoms with Gasteiger partial charge in [0.2, 0.25) is 5.91 Å². The van der Waals surface area contributed by atoms with Crippen LogP contribution in [0.15, 0.2) is 30.5 Å². The maximum atomic E-state index is 11.5. The molecule has 96 valence electrons. The maximum Gasteiger partial charge on any atom is 0.248 e. The average Bonchev–Trinajstić information content (AvgIpc) is 2.81. The highest BCUT2D eigenvalue weighted by atomic mass is 16.5. The number of hydrogen-bond acceptors (Lipinski definition) is 2. The minimum Gasteiger partial charge on any atom is -0.372 e. The van der Waals surface area contributed by atoms with Crippen molar-refractivity contribution in [2.75, 3.05) is 13.7 Å².